The van der Waals surface area contributed by atoms with Crippen LogP contribution in [0.5, 0.6) is 11.5 Å². The van der Waals surface area contributed by atoms with Gasteiger partial charge in [-0.2, -0.15) is 0 Å². The monoisotopic (exact) mass is 444 g/mol. The van der Waals surface area contributed by atoms with Crippen molar-refractivity contribution in [3.63, 3.8) is 0 Å². The molecule has 0 saturated carbocycles. The largest absolute Gasteiger partial charge is 0.573 e. The number of para-hydroxylation sites is 2. The lowest BCUT2D eigenvalue weighted by molar-refractivity contribution is -0.275. The zero-order chi connectivity index (χ0) is 22.1. The molecule has 0 radical (unpaired) electrons. The molecule has 0 unspecified atom stereocenters. The van der Waals surface area contributed by atoms with Crippen LogP contribution in [0.1, 0.15) is 11.1 Å². The number of rotatable bonds is 4. The number of hydrogen-bond acceptors (Lipinski definition) is 6. The maximum absolute atomic E-state index is 11.9. The zero-order valence-corrected chi connectivity index (χ0v) is 14.7. The molecule has 0 aromatic heterocycles. The standard InChI is InChI=1S/C8H5ClF3NO2.C8H6F3NO2/c9-7(13-14)5-3-1-2-4-6(5)15-8(10,11)12;9-8(10,11)14-7-4-2-1-3-6(7)5-12-13/h1-4,14H;1-5,13H/b13-7-;12-5+. The Hall–Kier alpha value is -3.15. The maximum atomic E-state index is 11.9. The Morgan fingerprint density at radius 3 is 1.83 bits per heavy atom. The normalized spacial score (nSPS) is 12.3. The Morgan fingerprint density at radius 2 is 1.31 bits per heavy atom. The molecule has 2 rings (SSSR count). The summed E-state index contributed by atoms with van der Waals surface area (Å²) in [5.41, 5.74) is -0.0914. The van der Waals surface area contributed by atoms with E-state index in [-0.39, 0.29) is 11.1 Å². The summed E-state index contributed by atoms with van der Waals surface area (Å²) in [4.78, 5) is 0. The molecule has 0 aliphatic carbocycles. The van der Waals surface area contributed by atoms with Crippen molar-refractivity contribution in [3.05, 3.63) is 59.7 Å². The van der Waals surface area contributed by atoms with Gasteiger partial charge in [0.2, 0.25) is 0 Å². The van der Waals surface area contributed by atoms with Crippen molar-refractivity contribution >= 4 is 23.0 Å². The van der Waals surface area contributed by atoms with Gasteiger partial charge < -0.3 is 19.9 Å². The van der Waals surface area contributed by atoms with E-state index in [0.717, 1.165) is 18.3 Å². The highest BCUT2D eigenvalue weighted by Crippen LogP contribution is 2.27. The van der Waals surface area contributed by atoms with E-state index in [2.05, 4.69) is 19.8 Å². The molecule has 2 aromatic rings. The van der Waals surface area contributed by atoms with Crippen LogP contribution >= 0.6 is 11.6 Å². The number of oxime groups is 2. The van der Waals surface area contributed by atoms with Crippen LogP contribution in [0.25, 0.3) is 0 Å². The summed E-state index contributed by atoms with van der Waals surface area (Å²) < 4.78 is 78.6. The molecule has 0 fully saturated rings. The van der Waals surface area contributed by atoms with E-state index in [1.807, 2.05) is 0 Å². The Kier molecular flexibility index (Phi) is 8.57. The first-order valence-electron chi connectivity index (χ1n) is 7.21. The van der Waals surface area contributed by atoms with Gasteiger partial charge in [0.15, 0.2) is 5.17 Å². The van der Waals surface area contributed by atoms with Gasteiger partial charge in [-0.3, -0.25) is 0 Å². The molecule has 6 nitrogen and oxygen atoms in total. The summed E-state index contributed by atoms with van der Waals surface area (Å²) in [6, 6.07) is 10.4. The second-order valence-electron chi connectivity index (χ2n) is 4.76. The predicted molar refractivity (Wildman–Crippen MR) is 89.8 cm³/mol. The van der Waals surface area contributed by atoms with Crippen LogP contribution < -0.4 is 9.47 Å². The molecular weight excluding hydrogens is 434 g/mol. The van der Waals surface area contributed by atoms with Crippen LogP contribution in [-0.2, 0) is 0 Å². The third-order valence-electron chi connectivity index (χ3n) is 2.76. The van der Waals surface area contributed by atoms with E-state index in [0.29, 0.717) is 0 Å². The number of nitrogens with zero attached hydrogens (tertiary/aromatic N) is 2. The Bertz CT molecular complexity index is 856. The number of benzene rings is 2. The van der Waals surface area contributed by atoms with Gasteiger partial charge in [0.1, 0.15) is 11.5 Å². The van der Waals surface area contributed by atoms with E-state index in [1.54, 1.807) is 0 Å². The molecule has 29 heavy (non-hydrogen) atoms. The van der Waals surface area contributed by atoms with Crippen LogP contribution in [-0.4, -0.2) is 34.5 Å². The van der Waals surface area contributed by atoms with Gasteiger partial charge in [0, 0.05) is 5.56 Å². The van der Waals surface area contributed by atoms with Gasteiger partial charge in [-0.15, -0.1) is 26.3 Å². The van der Waals surface area contributed by atoms with E-state index in [1.165, 1.54) is 36.4 Å². The Balaban J connectivity index is 0.000000291. The van der Waals surface area contributed by atoms with Crippen LogP contribution in [0.3, 0.4) is 0 Å². The summed E-state index contributed by atoms with van der Waals surface area (Å²) in [6.07, 6.45) is -8.71. The number of halogens is 7. The molecule has 0 aliphatic heterocycles. The molecule has 158 valence electrons. The third-order valence-corrected chi connectivity index (χ3v) is 3.04. The van der Waals surface area contributed by atoms with Crippen molar-refractivity contribution < 1.29 is 46.2 Å². The summed E-state index contributed by atoms with van der Waals surface area (Å²) in [6.45, 7) is 0. The maximum Gasteiger partial charge on any atom is 0.573 e. The average Bonchev–Trinajstić information content (AvgIpc) is 2.61. The summed E-state index contributed by atoms with van der Waals surface area (Å²) in [5, 5.41) is 21.2. The lowest BCUT2D eigenvalue weighted by Crippen LogP contribution is -2.18. The molecule has 0 heterocycles. The minimum atomic E-state index is -4.82. The van der Waals surface area contributed by atoms with Crippen LogP contribution in [0.4, 0.5) is 26.3 Å². The fraction of sp³-hybridized carbons (Fsp3) is 0.125. The van der Waals surface area contributed by atoms with Crippen molar-refractivity contribution in [3.8, 4) is 11.5 Å². The molecule has 0 bridgehead atoms. The highest BCUT2D eigenvalue weighted by atomic mass is 35.5. The Morgan fingerprint density at radius 1 is 0.828 bits per heavy atom. The van der Waals surface area contributed by atoms with Crippen molar-refractivity contribution in [2.45, 2.75) is 12.7 Å². The quantitative estimate of drug-likeness (QED) is 0.288. The minimum absolute atomic E-state index is 0.0484. The fourth-order valence-corrected chi connectivity index (χ4v) is 1.93. The van der Waals surface area contributed by atoms with Gasteiger partial charge in [0.05, 0.1) is 11.8 Å². The smallest absolute Gasteiger partial charge is 0.411 e. The van der Waals surface area contributed by atoms with E-state index in [9.17, 15) is 26.3 Å². The molecule has 2 N–H and O–H groups in total. The van der Waals surface area contributed by atoms with E-state index < -0.39 is 29.4 Å². The lowest BCUT2D eigenvalue weighted by Gasteiger charge is -2.11. The molecule has 0 aliphatic rings. The van der Waals surface area contributed by atoms with Gasteiger partial charge >= 0.3 is 12.7 Å². The predicted octanol–water partition coefficient (Wildman–Crippen LogP) is 5.35. The van der Waals surface area contributed by atoms with Gasteiger partial charge in [-0.25, -0.2) is 0 Å². The molecule has 0 atom stereocenters. The lowest BCUT2D eigenvalue weighted by atomic mass is 10.2. The van der Waals surface area contributed by atoms with Crippen molar-refractivity contribution in [2.75, 3.05) is 0 Å². The SMILES string of the molecule is O/N=C(\Cl)c1ccccc1OC(F)(F)F.O/N=C/c1ccccc1OC(F)(F)F. The first-order chi connectivity index (χ1) is 13.5. The van der Waals surface area contributed by atoms with Crippen molar-refractivity contribution in [2.24, 2.45) is 10.3 Å². The van der Waals surface area contributed by atoms with Gasteiger partial charge in [-0.05, 0) is 24.3 Å². The molecule has 0 amide bonds. The second-order valence-corrected chi connectivity index (χ2v) is 5.12. The average molecular weight is 445 g/mol. The van der Waals surface area contributed by atoms with Crippen LogP contribution in [0.2, 0.25) is 0 Å². The number of ether oxygens (including phenoxy) is 2. The van der Waals surface area contributed by atoms with Gasteiger partial charge in [-0.1, -0.05) is 46.2 Å². The number of hydrogen-bond donors (Lipinski definition) is 2. The topological polar surface area (TPSA) is 83.6 Å². The van der Waals surface area contributed by atoms with Crippen LogP contribution in [0.15, 0.2) is 58.8 Å². The number of alkyl halides is 6. The van der Waals surface area contributed by atoms with Gasteiger partial charge in [0.25, 0.3) is 0 Å². The summed E-state index contributed by atoms with van der Waals surface area (Å²) in [7, 11) is 0. The van der Waals surface area contributed by atoms with E-state index >= 15 is 0 Å². The fourth-order valence-electron chi connectivity index (χ4n) is 1.77. The minimum Gasteiger partial charge on any atom is -0.411 e. The van der Waals surface area contributed by atoms with Crippen LogP contribution in [0, 0.1) is 0 Å². The molecule has 13 heteroatoms. The third kappa shape index (κ3) is 9.06. The zero-order valence-electron chi connectivity index (χ0n) is 13.9. The molecule has 0 saturated heterocycles. The highest BCUT2D eigenvalue weighted by Gasteiger charge is 2.32. The summed E-state index contributed by atoms with van der Waals surface area (Å²) in [5.74, 6) is -0.925. The molecular formula is C16H11ClF6N2O4. The van der Waals surface area contributed by atoms with E-state index in [4.69, 9.17) is 22.0 Å². The second kappa shape index (κ2) is 10.4. The highest BCUT2D eigenvalue weighted by molar-refractivity contribution is 6.69. The molecule has 0 spiro atoms. The first kappa shape index (κ1) is 23.9. The van der Waals surface area contributed by atoms with Crippen molar-refractivity contribution in [1.82, 2.24) is 0 Å². The Labute approximate surface area is 164 Å². The van der Waals surface area contributed by atoms with Crippen molar-refractivity contribution in [1.29, 1.82) is 0 Å². The first-order valence-corrected chi connectivity index (χ1v) is 7.59. The molecule has 2 aromatic carbocycles. The summed E-state index contributed by atoms with van der Waals surface area (Å²) >= 11 is 5.38.